The van der Waals surface area contributed by atoms with Crippen LogP contribution in [0.1, 0.15) is 0 Å². The van der Waals surface area contributed by atoms with Gasteiger partial charge in [-0.3, -0.25) is 0 Å². The molecular formula is C66H34B2N2O6. The highest BCUT2D eigenvalue weighted by atomic mass is 16.5. The predicted octanol–water partition coefficient (Wildman–Crippen LogP) is 13.1. The van der Waals surface area contributed by atoms with Crippen LogP contribution in [-0.4, -0.2) is 22.6 Å². The van der Waals surface area contributed by atoms with Crippen LogP contribution < -0.4 is 51.7 Å². The van der Waals surface area contributed by atoms with Crippen molar-refractivity contribution < 1.29 is 27.8 Å². The third kappa shape index (κ3) is 4.96. The molecule has 19 rings (SSSR count). The normalized spacial score (nSPS) is 13.6. The first-order valence-corrected chi connectivity index (χ1v) is 25.8. The lowest BCUT2D eigenvalue weighted by Crippen LogP contribution is -2.61. The highest BCUT2D eigenvalue weighted by Gasteiger charge is 2.46. The Bertz CT molecular complexity index is 4860. The Hall–Kier alpha value is -10.1. The van der Waals surface area contributed by atoms with Crippen LogP contribution in [0.15, 0.2) is 215 Å². The van der Waals surface area contributed by atoms with E-state index in [1.165, 1.54) is 0 Å². The average Bonchev–Trinajstić information content (AvgIpc) is 4.34. The molecule has 0 atom stereocenters. The van der Waals surface area contributed by atoms with Gasteiger partial charge in [0.05, 0.1) is 44.2 Å². The smallest absolute Gasteiger partial charge is 0.260 e. The van der Waals surface area contributed by atoms with Gasteiger partial charge in [-0.15, -0.1) is 0 Å². The van der Waals surface area contributed by atoms with Gasteiger partial charge in [0.15, 0.2) is 0 Å². The van der Waals surface area contributed by atoms with Crippen molar-refractivity contribution in [3.8, 4) is 57.4 Å². The number of nitrogens with zero attached hydrogens (tertiary/aromatic N) is 2. The maximum atomic E-state index is 7.25. The first-order valence-electron chi connectivity index (χ1n) is 25.8. The van der Waals surface area contributed by atoms with Crippen LogP contribution in [0.4, 0.5) is 0 Å². The molecule has 0 saturated carbocycles. The van der Waals surface area contributed by atoms with Crippen molar-refractivity contribution >= 4 is 134 Å². The molecule has 8 nitrogen and oxygen atoms in total. The Kier molecular flexibility index (Phi) is 7.25. The highest BCUT2D eigenvalue weighted by molar-refractivity contribution is 7.01. The number of hydrogen-bond acceptors (Lipinski definition) is 6. The standard InChI is InChI=1S/C66H34B2N2O6/c1-7-19-47-41(15-1)61-49(27-25-39-37-13-3-9-21-51(37)75-65(39)61)69(47)35-29-57-63-59(31-35)73-55-34-56-46(33-45(55)67(63)43-17-5-11-23-53(43)71-57)68-44-18-6-12-24-54(44)72-58-30-36(32-60(74-56)64(58)68)70-48-20-8-2-16-42(48)62-50(70)28-26-40-38-14-4-10-22-52(38)76-66(40)62/h1-34H. The largest absolute Gasteiger partial charge is 0.458 e. The summed E-state index contributed by atoms with van der Waals surface area (Å²) in [6, 6.07) is 72.4. The zero-order valence-electron chi connectivity index (χ0n) is 40.1. The van der Waals surface area contributed by atoms with E-state index in [1.807, 2.05) is 36.4 Å². The molecule has 76 heavy (non-hydrogen) atoms. The van der Waals surface area contributed by atoms with Crippen LogP contribution in [0.5, 0.6) is 46.0 Å². The SMILES string of the molecule is c1ccc2c(c1)Oc1cc(-n3c4ccccc4c4c5oc6ccccc6c5ccc43)cc3c1B2c1cc2c(cc1O3)Oc1cc(-n3c4ccccc4c4c5oc6ccccc6c5ccc43)cc3c1B2c1ccccc1O3. The minimum Gasteiger partial charge on any atom is -0.458 e. The fraction of sp³-hybridized carbons (Fsp3) is 0. The maximum absolute atomic E-state index is 7.25. The van der Waals surface area contributed by atoms with Gasteiger partial charge in [-0.2, -0.15) is 0 Å². The van der Waals surface area contributed by atoms with Gasteiger partial charge in [0.1, 0.15) is 68.3 Å². The second kappa shape index (κ2) is 14.0. The van der Waals surface area contributed by atoms with E-state index in [0.29, 0.717) is 0 Å². The summed E-state index contributed by atoms with van der Waals surface area (Å²) >= 11 is 0. The number of furan rings is 2. The number of rotatable bonds is 2. The van der Waals surface area contributed by atoms with Crippen molar-refractivity contribution in [2.24, 2.45) is 0 Å². The van der Waals surface area contributed by atoms with Crippen LogP contribution in [0.3, 0.4) is 0 Å². The van der Waals surface area contributed by atoms with Crippen molar-refractivity contribution in [3.63, 3.8) is 0 Å². The van der Waals surface area contributed by atoms with Crippen molar-refractivity contribution in [1.29, 1.82) is 0 Å². The lowest BCUT2D eigenvalue weighted by molar-refractivity contribution is 0.451. The van der Waals surface area contributed by atoms with Crippen LogP contribution in [0, 0.1) is 0 Å². The Morgan fingerprint density at radius 2 is 0.671 bits per heavy atom. The Morgan fingerprint density at radius 3 is 1.14 bits per heavy atom. The van der Waals surface area contributed by atoms with Gasteiger partial charge in [-0.1, -0.05) is 115 Å². The molecule has 0 bridgehead atoms. The number of ether oxygens (including phenoxy) is 4. The summed E-state index contributed by atoms with van der Waals surface area (Å²) in [5.41, 5.74) is 15.8. The van der Waals surface area contributed by atoms with Gasteiger partial charge < -0.3 is 36.9 Å². The van der Waals surface area contributed by atoms with Gasteiger partial charge in [0.2, 0.25) is 0 Å². The van der Waals surface area contributed by atoms with Crippen molar-refractivity contribution in [2.45, 2.75) is 0 Å². The molecule has 350 valence electrons. The van der Waals surface area contributed by atoms with Crippen molar-refractivity contribution in [3.05, 3.63) is 206 Å². The van der Waals surface area contributed by atoms with E-state index in [9.17, 15) is 0 Å². The number of para-hydroxylation sites is 6. The zero-order chi connectivity index (χ0) is 49.1. The fourth-order valence-electron chi connectivity index (χ4n) is 13.6. The van der Waals surface area contributed by atoms with Gasteiger partial charge in [0.25, 0.3) is 13.4 Å². The maximum Gasteiger partial charge on any atom is 0.260 e. The molecule has 4 aliphatic heterocycles. The summed E-state index contributed by atoms with van der Waals surface area (Å²) in [5, 5.41) is 8.74. The number of aromatic nitrogens is 2. The molecule has 11 aromatic carbocycles. The van der Waals surface area contributed by atoms with E-state index in [-0.39, 0.29) is 13.4 Å². The van der Waals surface area contributed by atoms with Crippen molar-refractivity contribution in [2.75, 3.05) is 0 Å². The number of hydrogen-bond donors (Lipinski definition) is 0. The van der Waals surface area contributed by atoms with E-state index < -0.39 is 0 Å². The minimum absolute atomic E-state index is 0.182. The topological polar surface area (TPSA) is 73.1 Å². The Labute approximate surface area is 432 Å². The molecule has 0 fully saturated rings. The van der Waals surface area contributed by atoms with E-state index in [1.54, 1.807) is 0 Å². The first-order chi connectivity index (χ1) is 37.7. The predicted molar refractivity (Wildman–Crippen MR) is 305 cm³/mol. The first kappa shape index (κ1) is 39.5. The molecule has 0 unspecified atom stereocenters. The second-order valence-electron chi connectivity index (χ2n) is 20.6. The molecule has 15 aromatic rings. The van der Waals surface area contributed by atoms with Gasteiger partial charge >= 0.3 is 0 Å². The minimum atomic E-state index is -0.182. The monoisotopic (exact) mass is 972 g/mol. The molecule has 0 amide bonds. The third-order valence-corrected chi connectivity index (χ3v) is 16.7. The average molecular weight is 973 g/mol. The number of benzene rings is 11. The summed E-state index contributed by atoms with van der Waals surface area (Å²) in [7, 11) is 0. The molecule has 4 aromatic heterocycles. The van der Waals surface area contributed by atoms with E-state index in [4.69, 9.17) is 27.8 Å². The van der Waals surface area contributed by atoms with Crippen LogP contribution >= 0.6 is 0 Å². The van der Waals surface area contributed by atoms with Gasteiger partial charge in [-0.05, 0) is 82.5 Å². The van der Waals surface area contributed by atoms with E-state index in [0.717, 1.165) is 178 Å². The van der Waals surface area contributed by atoms with E-state index >= 15 is 0 Å². The molecule has 8 heterocycles. The Balaban J connectivity index is 0.810. The van der Waals surface area contributed by atoms with Crippen molar-refractivity contribution in [1.82, 2.24) is 9.13 Å². The summed E-state index contributed by atoms with van der Waals surface area (Å²) in [4.78, 5) is 0. The van der Waals surface area contributed by atoms with Crippen LogP contribution in [0.25, 0.3) is 98.9 Å². The quantitative estimate of drug-likeness (QED) is 0.161. The molecule has 0 saturated heterocycles. The van der Waals surface area contributed by atoms with Gasteiger partial charge in [-0.25, -0.2) is 0 Å². The summed E-state index contributed by atoms with van der Waals surface area (Å²) in [6.45, 7) is -0.364. The summed E-state index contributed by atoms with van der Waals surface area (Å²) in [6.07, 6.45) is 0. The molecule has 4 aliphatic rings. The lowest BCUT2D eigenvalue weighted by Gasteiger charge is -2.37. The summed E-state index contributed by atoms with van der Waals surface area (Å²) < 4.78 is 46.4. The third-order valence-electron chi connectivity index (χ3n) is 16.7. The molecule has 0 aliphatic carbocycles. The highest BCUT2D eigenvalue weighted by Crippen LogP contribution is 2.46. The Morgan fingerprint density at radius 1 is 0.276 bits per heavy atom. The number of fused-ring (bicyclic) bond motifs is 22. The fourth-order valence-corrected chi connectivity index (χ4v) is 13.6. The van der Waals surface area contributed by atoms with Crippen LogP contribution in [-0.2, 0) is 0 Å². The van der Waals surface area contributed by atoms with E-state index in [2.05, 4.69) is 179 Å². The molecular weight excluding hydrogens is 938 g/mol. The lowest BCUT2D eigenvalue weighted by atomic mass is 9.31. The zero-order valence-corrected chi connectivity index (χ0v) is 40.1. The van der Waals surface area contributed by atoms with Gasteiger partial charge in [0, 0.05) is 73.6 Å². The molecule has 0 N–H and O–H groups in total. The summed E-state index contributed by atoms with van der Waals surface area (Å²) in [5.74, 6) is 6.09. The molecule has 0 radical (unpaired) electrons. The second-order valence-corrected chi connectivity index (χ2v) is 20.6. The van der Waals surface area contributed by atoms with Crippen LogP contribution in [0.2, 0.25) is 0 Å². The molecule has 10 heteroatoms. The molecule has 0 spiro atoms.